The van der Waals surface area contributed by atoms with E-state index in [0.29, 0.717) is 0 Å². The van der Waals surface area contributed by atoms with Crippen LogP contribution in [0.25, 0.3) is 0 Å². The van der Waals surface area contributed by atoms with Gasteiger partial charge < -0.3 is 4.90 Å². The molecule has 1 unspecified atom stereocenters. The van der Waals surface area contributed by atoms with Crippen molar-refractivity contribution in [1.29, 1.82) is 0 Å². The highest BCUT2D eigenvalue weighted by Gasteiger charge is 2.24. The third kappa shape index (κ3) is 2.87. The SMILES string of the molecule is O=[N+]([O-])c1ccc(C2NCCCN2c2ccccc2)cc1. The predicted molar refractivity (Wildman–Crippen MR) is 82.2 cm³/mol. The zero-order valence-corrected chi connectivity index (χ0v) is 11.6. The van der Waals surface area contributed by atoms with Gasteiger partial charge >= 0.3 is 0 Å². The zero-order valence-electron chi connectivity index (χ0n) is 11.6. The minimum Gasteiger partial charge on any atom is -0.352 e. The summed E-state index contributed by atoms with van der Waals surface area (Å²) < 4.78 is 0. The largest absolute Gasteiger partial charge is 0.352 e. The van der Waals surface area contributed by atoms with Crippen molar-refractivity contribution in [1.82, 2.24) is 5.32 Å². The average molecular weight is 283 g/mol. The molecule has 2 aromatic rings. The molecule has 0 spiro atoms. The van der Waals surface area contributed by atoms with Crippen molar-refractivity contribution < 1.29 is 4.92 Å². The van der Waals surface area contributed by atoms with Gasteiger partial charge in [-0.15, -0.1) is 0 Å². The Morgan fingerprint density at radius 1 is 1.10 bits per heavy atom. The van der Waals surface area contributed by atoms with Gasteiger partial charge in [-0.05, 0) is 42.8 Å². The van der Waals surface area contributed by atoms with Crippen LogP contribution in [0.4, 0.5) is 11.4 Å². The summed E-state index contributed by atoms with van der Waals surface area (Å²) in [5, 5.41) is 14.2. The van der Waals surface area contributed by atoms with Gasteiger partial charge in [-0.25, -0.2) is 0 Å². The van der Waals surface area contributed by atoms with Crippen LogP contribution in [0.15, 0.2) is 54.6 Å². The molecule has 0 bridgehead atoms. The molecule has 1 aliphatic heterocycles. The summed E-state index contributed by atoms with van der Waals surface area (Å²) in [6, 6.07) is 17.0. The molecule has 5 nitrogen and oxygen atoms in total. The van der Waals surface area contributed by atoms with E-state index < -0.39 is 0 Å². The molecule has 1 saturated heterocycles. The Morgan fingerprint density at radius 2 is 1.81 bits per heavy atom. The maximum absolute atomic E-state index is 10.8. The van der Waals surface area contributed by atoms with Crippen LogP contribution in [0.1, 0.15) is 18.2 Å². The van der Waals surface area contributed by atoms with Crippen LogP contribution < -0.4 is 10.2 Å². The van der Waals surface area contributed by atoms with Crippen LogP contribution in [0, 0.1) is 10.1 Å². The first-order valence-corrected chi connectivity index (χ1v) is 7.05. The lowest BCUT2D eigenvalue weighted by molar-refractivity contribution is -0.384. The molecule has 0 amide bonds. The molecule has 1 N–H and O–H groups in total. The normalized spacial score (nSPS) is 18.5. The van der Waals surface area contributed by atoms with Crippen LogP contribution in [0.5, 0.6) is 0 Å². The summed E-state index contributed by atoms with van der Waals surface area (Å²) in [6.45, 7) is 1.92. The summed E-state index contributed by atoms with van der Waals surface area (Å²) in [6.07, 6.45) is 1.14. The lowest BCUT2D eigenvalue weighted by Crippen LogP contribution is -2.45. The molecular weight excluding hydrogens is 266 g/mol. The number of nitrogens with zero attached hydrogens (tertiary/aromatic N) is 2. The fourth-order valence-electron chi connectivity index (χ4n) is 2.70. The van der Waals surface area contributed by atoms with Gasteiger partial charge in [0.15, 0.2) is 0 Å². The van der Waals surface area contributed by atoms with E-state index in [2.05, 4.69) is 22.3 Å². The number of rotatable bonds is 3. The van der Waals surface area contributed by atoms with Crippen molar-refractivity contribution >= 4 is 11.4 Å². The Balaban J connectivity index is 1.89. The molecule has 0 aliphatic carbocycles. The average Bonchev–Trinajstić information content (AvgIpc) is 2.56. The Morgan fingerprint density at radius 3 is 2.48 bits per heavy atom. The van der Waals surface area contributed by atoms with Crippen molar-refractivity contribution in [3.05, 3.63) is 70.3 Å². The van der Waals surface area contributed by atoms with E-state index in [1.807, 2.05) is 30.3 Å². The molecule has 21 heavy (non-hydrogen) atoms. The summed E-state index contributed by atoms with van der Waals surface area (Å²) in [5.74, 6) is 0. The zero-order chi connectivity index (χ0) is 14.7. The van der Waals surface area contributed by atoms with Gasteiger partial charge in [0, 0.05) is 24.4 Å². The monoisotopic (exact) mass is 283 g/mol. The first-order valence-electron chi connectivity index (χ1n) is 7.05. The number of non-ortho nitro benzene ring substituents is 1. The molecule has 1 atom stereocenters. The second-order valence-corrected chi connectivity index (χ2v) is 5.09. The number of anilines is 1. The molecule has 3 rings (SSSR count). The van der Waals surface area contributed by atoms with E-state index in [4.69, 9.17) is 0 Å². The van der Waals surface area contributed by atoms with E-state index >= 15 is 0 Å². The molecule has 5 heteroatoms. The number of hydrogen-bond donors (Lipinski definition) is 1. The van der Waals surface area contributed by atoms with Crippen LogP contribution in [0.3, 0.4) is 0 Å². The number of nitro benzene ring substituents is 1. The highest BCUT2D eigenvalue weighted by atomic mass is 16.6. The summed E-state index contributed by atoms with van der Waals surface area (Å²) >= 11 is 0. The molecule has 0 radical (unpaired) electrons. The van der Waals surface area contributed by atoms with Crippen molar-refractivity contribution in [2.45, 2.75) is 12.6 Å². The molecule has 0 saturated carbocycles. The van der Waals surface area contributed by atoms with Gasteiger partial charge in [-0.2, -0.15) is 0 Å². The van der Waals surface area contributed by atoms with E-state index in [0.717, 1.165) is 30.8 Å². The summed E-state index contributed by atoms with van der Waals surface area (Å²) in [7, 11) is 0. The van der Waals surface area contributed by atoms with Gasteiger partial charge in [0.25, 0.3) is 5.69 Å². The highest BCUT2D eigenvalue weighted by molar-refractivity contribution is 5.49. The fraction of sp³-hybridized carbons (Fsp3) is 0.250. The second kappa shape index (κ2) is 5.93. The lowest BCUT2D eigenvalue weighted by atomic mass is 10.1. The smallest absolute Gasteiger partial charge is 0.269 e. The van der Waals surface area contributed by atoms with E-state index in [-0.39, 0.29) is 16.8 Å². The third-order valence-corrected chi connectivity index (χ3v) is 3.73. The molecular formula is C16H17N3O2. The van der Waals surface area contributed by atoms with Gasteiger partial charge in [0.2, 0.25) is 0 Å². The van der Waals surface area contributed by atoms with Gasteiger partial charge in [-0.3, -0.25) is 15.4 Å². The molecule has 2 aromatic carbocycles. The van der Waals surface area contributed by atoms with Gasteiger partial charge in [-0.1, -0.05) is 18.2 Å². The summed E-state index contributed by atoms with van der Waals surface area (Å²) in [4.78, 5) is 12.7. The van der Waals surface area contributed by atoms with Gasteiger partial charge in [0.05, 0.1) is 4.92 Å². The van der Waals surface area contributed by atoms with Gasteiger partial charge in [0.1, 0.15) is 6.17 Å². The van der Waals surface area contributed by atoms with Crippen LogP contribution in [0.2, 0.25) is 0 Å². The molecule has 108 valence electrons. The van der Waals surface area contributed by atoms with Crippen LogP contribution in [-0.4, -0.2) is 18.0 Å². The minimum atomic E-state index is -0.368. The first-order chi connectivity index (χ1) is 10.3. The summed E-state index contributed by atoms with van der Waals surface area (Å²) in [5.41, 5.74) is 2.33. The minimum absolute atomic E-state index is 0.0574. The highest BCUT2D eigenvalue weighted by Crippen LogP contribution is 2.28. The van der Waals surface area contributed by atoms with Crippen LogP contribution in [-0.2, 0) is 0 Å². The fourth-order valence-corrected chi connectivity index (χ4v) is 2.70. The number of para-hydroxylation sites is 1. The Kier molecular flexibility index (Phi) is 3.83. The topological polar surface area (TPSA) is 58.4 Å². The molecule has 1 aliphatic rings. The van der Waals surface area contributed by atoms with Crippen molar-refractivity contribution in [3.63, 3.8) is 0 Å². The molecule has 0 aromatic heterocycles. The number of hydrogen-bond acceptors (Lipinski definition) is 4. The Labute approximate surface area is 123 Å². The quantitative estimate of drug-likeness (QED) is 0.694. The first kappa shape index (κ1) is 13.6. The maximum atomic E-state index is 10.8. The molecule has 1 heterocycles. The number of benzene rings is 2. The van der Waals surface area contributed by atoms with Crippen LogP contribution >= 0.6 is 0 Å². The Bertz CT molecular complexity index is 613. The van der Waals surface area contributed by atoms with Crippen molar-refractivity contribution in [3.8, 4) is 0 Å². The van der Waals surface area contributed by atoms with E-state index in [1.165, 1.54) is 0 Å². The number of nitrogens with one attached hydrogen (secondary N) is 1. The Hall–Kier alpha value is -2.40. The number of nitro groups is 1. The third-order valence-electron chi connectivity index (χ3n) is 3.73. The predicted octanol–water partition coefficient (Wildman–Crippen LogP) is 3.09. The van der Waals surface area contributed by atoms with Crippen molar-refractivity contribution in [2.24, 2.45) is 0 Å². The second-order valence-electron chi connectivity index (χ2n) is 5.09. The van der Waals surface area contributed by atoms with E-state index in [1.54, 1.807) is 12.1 Å². The molecule has 1 fully saturated rings. The van der Waals surface area contributed by atoms with Crippen molar-refractivity contribution in [2.75, 3.05) is 18.0 Å². The maximum Gasteiger partial charge on any atom is 0.269 e. The standard InChI is InChI=1S/C16H17N3O2/c20-19(21)15-9-7-13(8-10-15)16-17-11-4-12-18(16)14-5-2-1-3-6-14/h1-3,5-10,16-17H,4,11-12H2. The van der Waals surface area contributed by atoms with E-state index in [9.17, 15) is 10.1 Å². The lowest BCUT2D eigenvalue weighted by Gasteiger charge is -2.38.